The summed E-state index contributed by atoms with van der Waals surface area (Å²) in [7, 11) is -1.89. The van der Waals surface area contributed by atoms with Gasteiger partial charge in [0.1, 0.15) is 0 Å². The maximum absolute atomic E-state index is 5.24. The Kier molecular flexibility index (Phi) is 4.68. The van der Waals surface area contributed by atoms with Crippen LogP contribution in [0.2, 0.25) is 0 Å². The molecule has 0 aromatic heterocycles. The first-order valence-corrected chi connectivity index (χ1v) is 5.57. The zero-order valence-corrected chi connectivity index (χ0v) is 6.19. The highest BCUT2D eigenvalue weighted by Gasteiger charge is 1.96. The molecule has 0 aromatic carbocycles. The van der Waals surface area contributed by atoms with E-state index in [0.717, 1.165) is 0 Å². The van der Waals surface area contributed by atoms with E-state index in [4.69, 9.17) is 28.6 Å². The van der Waals surface area contributed by atoms with Gasteiger partial charge in [-0.25, -0.2) is 0 Å². The Labute approximate surface area is 53.7 Å². The van der Waals surface area contributed by atoms with E-state index in [-0.39, 0.29) is 6.61 Å². The van der Waals surface area contributed by atoms with Crippen LogP contribution in [0.3, 0.4) is 0 Å². The summed E-state index contributed by atoms with van der Waals surface area (Å²) >= 11 is 10.5. The molecule has 0 heterocycles. The van der Waals surface area contributed by atoms with Crippen LogP contribution in [0.25, 0.3) is 0 Å². The highest BCUT2D eigenvalue weighted by molar-refractivity contribution is 7.30. The maximum Gasteiger partial charge on any atom is 0.373 e. The van der Waals surface area contributed by atoms with Crippen molar-refractivity contribution in [3.63, 3.8) is 0 Å². The summed E-state index contributed by atoms with van der Waals surface area (Å²) in [5.41, 5.74) is 0. The summed E-state index contributed by atoms with van der Waals surface area (Å²) in [6.45, 7) is 0.226. The van der Waals surface area contributed by atoms with Crippen LogP contribution in [0.1, 0.15) is 0 Å². The second-order valence-corrected chi connectivity index (χ2v) is 4.68. The molecule has 0 saturated carbocycles. The first-order valence-electron chi connectivity index (χ1n) is 1.60. The Morgan fingerprint density at radius 3 is 2.43 bits per heavy atom. The van der Waals surface area contributed by atoms with Gasteiger partial charge in [-0.05, 0) is 0 Å². The molecule has 0 bridgehead atoms. The molecule has 0 unspecified atom stereocenters. The number of halogens is 2. The van der Waals surface area contributed by atoms with E-state index in [1.54, 1.807) is 0 Å². The van der Waals surface area contributed by atoms with Gasteiger partial charge in [-0.3, -0.25) is 0 Å². The van der Waals surface area contributed by atoms with Gasteiger partial charge in [-0.1, -0.05) is 5.92 Å². The molecule has 1 nitrogen and oxygen atoms in total. The van der Waals surface area contributed by atoms with Gasteiger partial charge in [0.05, 0.1) is 6.61 Å². The topological polar surface area (TPSA) is 9.23 Å². The van der Waals surface area contributed by atoms with Crippen LogP contribution in [0.4, 0.5) is 0 Å². The molecule has 0 aromatic rings. The molecular formula is C3H4Cl2OSi. The molecule has 0 fully saturated rings. The minimum absolute atomic E-state index is 0.226. The van der Waals surface area contributed by atoms with Gasteiger partial charge in [-0.2, -0.15) is 0 Å². The molecule has 7 heavy (non-hydrogen) atoms. The molecule has 0 amide bonds. The number of rotatable bonds is 2. The Hall–Kier alpha value is 0.317. The third-order valence-corrected chi connectivity index (χ3v) is 1.47. The average molecular weight is 155 g/mol. The first kappa shape index (κ1) is 7.32. The van der Waals surface area contributed by atoms with E-state index >= 15 is 0 Å². The fourth-order valence-corrected chi connectivity index (χ4v) is 0.711. The van der Waals surface area contributed by atoms with Crippen LogP contribution in [-0.2, 0) is 4.43 Å². The molecule has 0 spiro atoms. The summed E-state index contributed by atoms with van der Waals surface area (Å²) in [6, 6.07) is 0. The summed E-state index contributed by atoms with van der Waals surface area (Å²) in [5, 5.41) is 0. The Morgan fingerprint density at radius 2 is 2.29 bits per heavy atom. The second kappa shape index (κ2) is 4.48. The number of terminal acetylenes is 1. The summed E-state index contributed by atoms with van der Waals surface area (Å²) in [5.74, 6) is 2.24. The minimum Gasteiger partial charge on any atom is -0.383 e. The maximum atomic E-state index is 5.24. The van der Waals surface area contributed by atoms with Crippen molar-refractivity contribution < 1.29 is 4.43 Å². The van der Waals surface area contributed by atoms with Gasteiger partial charge in [0.2, 0.25) is 0 Å². The van der Waals surface area contributed by atoms with Crippen molar-refractivity contribution in [2.75, 3.05) is 6.61 Å². The molecule has 0 N–H and O–H groups in total. The highest BCUT2D eigenvalue weighted by Crippen LogP contribution is 1.94. The van der Waals surface area contributed by atoms with E-state index in [1.165, 1.54) is 0 Å². The predicted molar refractivity (Wildman–Crippen MR) is 33.6 cm³/mol. The van der Waals surface area contributed by atoms with Crippen molar-refractivity contribution in [1.29, 1.82) is 0 Å². The molecular weight excluding hydrogens is 151 g/mol. The molecule has 0 saturated heterocycles. The van der Waals surface area contributed by atoms with Gasteiger partial charge >= 0.3 is 7.66 Å². The van der Waals surface area contributed by atoms with Crippen LogP contribution >= 0.6 is 22.2 Å². The third kappa shape index (κ3) is 6.32. The quantitative estimate of drug-likeness (QED) is 0.326. The monoisotopic (exact) mass is 154 g/mol. The summed E-state index contributed by atoms with van der Waals surface area (Å²) in [4.78, 5) is 0. The fourth-order valence-electron chi connectivity index (χ4n) is 0.111. The van der Waals surface area contributed by atoms with Crippen LogP contribution in [0.5, 0.6) is 0 Å². The molecule has 0 rings (SSSR count). The smallest absolute Gasteiger partial charge is 0.373 e. The lowest BCUT2D eigenvalue weighted by atomic mass is 10.8. The molecule has 0 atom stereocenters. The van der Waals surface area contributed by atoms with Crippen LogP contribution in [0.15, 0.2) is 0 Å². The Balaban J connectivity index is 2.86. The molecule has 40 valence electrons. The predicted octanol–water partition coefficient (Wildman–Crippen LogP) is 0.831. The van der Waals surface area contributed by atoms with Crippen molar-refractivity contribution in [1.82, 2.24) is 0 Å². The normalized spacial score (nSPS) is 8.86. The van der Waals surface area contributed by atoms with Gasteiger partial charge < -0.3 is 4.43 Å². The third-order valence-electron chi connectivity index (χ3n) is 0.293. The SMILES string of the molecule is C#CCO[SiH](Cl)Cl. The summed E-state index contributed by atoms with van der Waals surface area (Å²) in [6.07, 6.45) is 4.81. The van der Waals surface area contributed by atoms with Crippen molar-refractivity contribution in [3.05, 3.63) is 0 Å². The van der Waals surface area contributed by atoms with E-state index in [2.05, 4.69) is 10.3 Å². The lowest BCUT2D eigenvalue weighted by Crippen LogP contribution is -2.00. The molecule has 0 radical (unpaired) electrons. The van der Waals surface area contributed by atoms with Gasteiger partial charge in [0.25, 0.3) is 0 Å². The van der Waals surface area contributed by atoms with Crippen LogP contribution < -0.4 is 0 Å². The molecule has 0 aliphatic heterocycles. The van der Waals surface area contributed by atoms with Crippen molar-refractivity contribution in [2.24, 2.45) is 0 Å². The van der Waals surface area contributed by atoms with Gasteiger partial charge in [0, 0.05) is 0 Å². The lowest BCUT2D eigenvalue weighted by molar-refractivity contribution is 0.399. The summed E-state index contributed by atoms with van der Waals surface area (Å²) < 4.78 is 4.62. The second-order valence-electron chi connectivity index (χ2n) is 0.776. The lowest BCUT2D eigenvalue weighted by Gasteiger charge is -1.92. The Bertz CT molecular complexity index is 77.5. The minimum atomic E-state index is -1.89. The Morgan fingerprint density at radius 1 is 1.71 bits per heavy atom. The van der Waals surface area contributed by atoms with Crippen LogP contribution in [-0.4, -0.2) is 14.3 Å². The fraction of sp³-hybridized carbons (Fsp3) is 0.333. The zero-order chi connectivity index (χ0) is 5.70. The molecule has 0 aliphatic rings. The van der Waals surface area contributed by atoms with Crippen molar-refractivity contribution in [3.8, 4) is 12.3 Å². The first-order chi connectivity index (χ1) is 3.27. The van der Waals surface area contributed by atoms with E-state index in [1.807, 2.05) is 0 Å². The number of hydrogen-bond acceptors (Lipinski definition) is 1. The van der Waals surface area contributed by atoms with Crippen LogP contribution in [0, 0.1) is 12.3 Å². The molecule has 0 aliphatic carbocycles. The van der Waals surface area contributed by atoms with E-state index in [0.29, 0.717) is 0 Å². The molecule has 4 heteroatoms. The zero-order valence-electron chi connectivity index (χ0n) is 3.53. The van der Waals surface area contributed by atoms with Crippen molar-refractivity contribution >= 4 is 29.8 Å². The number of hydrogen-bond donors (Lipinski definition) is 0. The van der Waals surface area contributed by atoms with Crippen molar-refractivity contribution in [2.45, 2.75) is 0 Å². The highest BCUT2D eigenvalue weighted by atomic mass is 35.7. The average Bonchev–Trinajstić information content (AvgIpc) is 1.61. The van der Waals surface area contributed by atoms with E-state index < -0.39 is 7.66 Å². The van der Waals surface area contributed by atoms with E-state index in [9.17, 15) is 0 Å². The van der Waals surface area contributed by atoms with Gasteiger partial charge in [0.15, 0.2) is 0 Å². The van der Waals surface area contributed by atoms with Gasteiger partial charge in [-0.15, -0.1) is 28.6 Å². The largest absolute Gasteiger partial charge is 0.383 e. The standard InChI is InChI=1S/C3H4Cl2OSi/c1-2-3-6-7(4)5/h1,7H,3H2.